The molecule has 2 heteroatoms. The first-order chi connectivity index (χ1) is 9.22. The molecule has 2 nitrogen and oxygen atoms in total. The summed E-state index contributed by atoms with van der Waals surface area (Å²) in [6.07, 6.45) is 15.9. The lowest BCUT2D eigenvalue weighted by Gasteiger charge is -2.10. The molecule has 1 atom stereocenters. The van der Waals surface area contributed by atoms with Crippen LogP contribution in [0, 0.1) is 5.92 Å². The van der Waals surface area contributed by atoms with E-state index in [0.717, 1.165) is 25.7 Å². The van der Waals surface area contributed by atoms with Crippen LogP contribution in [0.15, 0.2) is 0 Å². The average Bonchev–Trinajstić information content (AvgIpc) is 2.39. The van der Waals surface area contributed by atoms with E-state index in [1.54, 1.807) is 0 Å². The maximum atomic E-state index is 11.0. The van der Waals surface area contributed by atoms with Crippen LogP contribution < -0.4 is 0 Å². The predicted molar refractivity (Wildman–Crippen MR) is 82.5 cm³/mol. The molecule has 19 heavy (non-hydrogen) atoms. The lowest BCUT2D eigenvalue weighted by Crippen LogP contribution is -2.13. The van der Waals surface area contributed by atoms with Crippen molar-refractivity contribution in [2.45, 2.75) is 97.3 Å². The molecule has 0 saturated carbocycles. The second-order valence-corrected chi connectivity index (χ2v) is 5.79. The van der Waals surface area contributed by atoms with Gasteiger partial charge in [0, 0.05) is 0 Å². The van der Waals surface area contributed by atoms with Gasteiger partial charge in [0.1, 0.15) is 0 Å². The first kappa shape index (κ1) is 18.5. The van der Waals surface area contributed by atoms with Gasteiger partial charge < -0.3 is 5.11 Å². The molecule has 0 radical (unpaired) electrons. The normalized spacial score (nSPS) is 12.5. The highest BCUT2D eigenvalue weighted by Crippen LogP contribution is 2.17. The fourth-order valence-corrected chi connectivity index (χ4v) is 2.62. The number of carbonyl (C=O) groups is 1. The summed E-state index contributed by atoms with van der Waals surface area (Å²) in [5.74, 6) is -0.697. The summed E-state index contributed by atoms with van der Waals surface area (Å²) in [5, 5.41) is 9.05. The number of carboxylic acids is 1. The monoisotopic (exact) mass is 270 g/mol. The Kier molecular flexibility index (Phi) is 13.5. The molecular weight excluding hydrogens is 236 g/mol. The third kappa shape index (κ3) is 12.3. The third-order valence-corrected chi connectivity index (χ3v) is 3.89. The summed E-state index contributed by atoms with van der Waals surface area (Å²) in [6.45, 7) is 4.32. The number of rotatable bonds is 14. The van der Waals surface area contributed by atoms with Crippen molar-refractivity contribution in [1.82, 2.24) is 0 Å². The molecule has 0 heterocycles. The SMILES string of the molecule is CCCCCCCCCCCC[C@@H](CCC)C(=O)O. The summed E-state index contributed by atoms with van der Waals surface area (Å²) in [4.78, 5) is 11.0. The smallest absolute Gasteiger partial charge is 0.306 e. The van der Waals surface area contributed by atoms with Gasteiger partial charge in [0.15, 0.2) is 0 Å². The lowest BCUT2D eigenvalue weighted by molar-refractivity contribution is -0.142. The second kappa shape index (κ2) is 13.9. The molecule has 0 spiro atoms. The van der Waals surface area contributed by atoms with Gasteiger partial charge in [0.2, 0.25) is 0 Å². The van der Waals surface area contributed by atoms with Crippen molar-refractivity contribution in [2.24, 2.45) is 5.92 Å². The molecule has 0 aromatic heterocycles. The van der Waals surface area contributed by atoms with E-state index in [4.69, 9.17) is 5.11 Å². The van der Waals surface area contributed by atoms with Crippen LogP contribution in [0.25, 0.3) is 0 Å². The van der Waals surface area contributed by atoms with Crippen molar-refractivity contribution in [2.75, 3.05) is 0 Å². The van der Waals surface area contributed by atoms with Gasteiger partial charge in [0.05, 0.1) is 5.92 Å². The van der Waals surface area contributed by atoms with Crippen molar-refractivity contribution in [3.8, 4) is 0 Å². The minimum Gasteiger partial charge on any atom is -0.481 e. The molecule has 0 aliphatic carbocycles. The molecule has 0 unspecified atom stereocenters. The molecule has 114 valence electrons. The van der Waals surface area contributed by atoms with E-state index in [2.05, 4.69) is 13.8 Å². The summed E-state index contributed by atoms with van der Waals surface area (Å²) >= 11 is 0. The van der Waals surface area contributed by atoms with Gasteiger partial charge in [-0.2, -0.15) is 0 Å². The van der Waals surface area contributed by atoms with E-state index in [1.165, 1.54) is 57.8 Å². The number of hydrogen-bond donors (Lipinski definition) is 1. The van der Waals surface area contributed by atoms with Crippen LogP contribution in [-0.2, 0) is 4.79 Å². The zero-order valence-electron chi connectivity index (χ0n) is 13.1. The van der Waals surface area contributed by atoms with Crippen molar-refractivity contribution >= 4 is 5.97 Å². The van der Waals surface area contributed by atoms with Crippen molar-refractivity contribution in [3.05, 3.63) is 0 Å². The van der Waals surface area contributed by atoms with Crippen LogP contribution in [-0.4, -0.2) is 11.1 Å². The highest BCUT2D eigenvalue weighted by atomic mass is 16.4. The summed E-state index contributed by atoms with van der Waals surface area (Å²) in [7, 11) is 0. The van der Waals surface area contributed by atoms with E-state index >= 15 is 0 Å². The zero-order valence-corrected chi connectivity index (χ0v) is 13.1. The Morgan fingerprint density at radius 1 is 0.737 bits per heavy atom. The summed E-state index contributed by atoms with van der Waals surface area (Å²) < 4.78 is 0. The Hall–Kier alpha value is -0.530. The van der Waals surface area contributed by atoms with E-state index in [0.29, 0.717) is 0 Å². The molecule has 0 amide bonds. The van der Waals surface area contributed by atoms with E-state index in [1.807, 2.05) is 0 Å². The van der Waals surface area contributed by atoms with Crippen LogP contribution >= 0.6 is 0 Å². The zero-order chi connectivity index (χ0) is 14.3. The fourth-order valence-electron chi connectivity index (χ4n) is 2.62. The standard InChI is InChI=1S/C17H34O2/c1-3-5-6-7-8-9-10-11-12-13-15-16(14-4-2)17(18)19/h16H,3-15H2,1-2H3,(H,18,19)/t16-/m1/s1. The van der Waals surface area contributed by atoms with E-state index in [-0.39, 0.29) is 5.92 Å². The number of carboxylic acid groups (broad SMARTS) is 1. The first-order valence-electron chi connectivity index (χ1n) is 8.45. The van der Waals surface area contributed by atoms with Crippen molar-refractivity contribution < 1.29 is 9.90 Å². The van der Waals surface area contributed by atoms with Crippen LogP contribution in [0.3, 0.4) is 0 Å². The van der Waals surface area contributed by atoms with Gasteiger partial charge >= 0.3 is 5.97 Å². The Morgan fingerprint density at radius 2 is 1.21 bits per heavy atom. The van der Waals surface area contributed by atoms with Gasteiger partial charge in [-0.25, -0.2) is 0 Å². The summed E-state index contributed by atoms with van der Waals surface area (Å²) in [5.41, 5.74) is 0. The molecule has 0 rings (SSSR count). The number of hydrogen-bond acceptors (Lipinski definition) is 1. The van der Waals surface area contributed by atoms with Crippen molar-refractivity contribution in [3.63, 3.8) is 0 Å². The van der Waals surface area contributed by atoms with Crippen LogP contribution in [0.4, 0.5) is 0 Å². The van der Waals surface area contributed by atoms with Gasteiger partial charge in [0.25, 0.3) is 0 Å². The molecule has 0 aliphatic rings. The maximum Gasteiger partial charge on any atom is 0.306 e. The molecule has 0 bridgehead atoms. The topological polar surface area (TPSA) is 37.3 Å². The van der Waals surface area contributed by atoms with E-state index < -0.39 is 5.97 Å². The molecule has 0 aromatic rings. The van der Waals surface area contributed by atoms with Crippen molar-refractivity contribution in [1.29, 1.82) is 0 Å². The van der Waals surface area contributed by atoms with E-state index in [9.17, 15) is 4.79 Å². The Balaban J connectivity index is 3.27. The van der Waals surface area contributed by atoms with Crippen LogP contribution in [0.2, 0.25) is 0 Å². The average molecular weight is 270 g/mol. The van der Waals surface area contributed by atoms with Gasteiger partial charge in [-0.1, -0.05) is 84.5 Å². The highest BCUT2D eigenvalue weighted by molar-refractivity contribution is 5.69. The van der Waals surface area contributed by atoms with Gasteiger partial charge in [-0.05, 0) is 12.8 Å². The second-order valence-electron chi connectivity index (χ2n) is 5.79. The third-order valence-electron chi connectivity index (χ3n) is 3.89. The maximum absolute atomic E-state index is 11.0. The largest absolute Gasteiger partial charge is 0.481 e. The highest BCUT2D eigenvalue weighted by Gasteiger charge is 2.15. The minimum atomic E-state index is -0.599. The fraction of sp³-hybridized carbons (Fsp3) is 0.941. The number of unbranched alkanes of at least 4 members (excludes halogenated alkanes) is 9. The van der Waals surface area contributed by atoms with Crippen LogP contribution in [0.1, 0.15) is 97.3 Å². The molecule has 0 aromatic carbocycles. The Morgan fingerprint density at radius 3 is 1.63 bits per heavy atom. The molecule has 0 saturated heterocycles. The minimum absolute atomic E-state index is 0.0981. The van der Waals surface area contributed by atoms with Gasteiger partial charge in [-0.15, -0.1) is 0 Å². The summed E-state index contributed by atoms with van der Waals surface area (Å²) in [6, 6.07) is 0. The molecule has 1 N–H and O–H groups in total. The van der Waals surface area contributed by atoms with Gasteiger partial charge in [-0.3, -0.25) is 4.79 Å². The Bertz CT molecular complexity index is 201. The quantitative estimate of drug-likeness (QED) is 0.405. The van der Waals surface area contributed by atoms with Crippen LogP contribution in [0.5, 0.6) is 0 Å². The predicted octanol–water partition coefficient (Wildman–Crippen LogP) is 5.80. The molecule has 0 aliphatic heterocycles. The number of aliphatic carboxylic acids is 1. The lowest BCUT2D eigenvalue weighted by atomic mass is 9.96. The Labute approximate surface area is 120 Å². The molecular formula is C17H34O2. The first-order valence-corrected chi connectivity index (χ1v) is 8.45. The molecule has 0 fully saturated rings.